The fraction of sp³-hybridized carbons (Fsp3) is 0.556. The lowest BCUT2D eigenvalue weighted by molar-refractivity contribution is 0.0519. The summed E-state index contributed by atoms with van der Waals surface area (Å²) in [6.45, 7) is 6.17. The molecule has 1 aromatic carbocycles. The Morgan fingerprint density at radius 2 is 1.91 bits per heavy atom. The van der Waals surface area contributed by atoms with E-state index in [1.54, 1.807) is 0 Å². The highest BCUT2D eigenvalue weighted by Crippen LogP contribution is 2.35. The summed E-state index contributed by atoms with van der Waals surface area (Å²) in [5.41, 5.74) is 0.285. The maximum absolute atomic E-state index is 12.2. The van der Waals surface area contributed by atoms with Crippen LogP contribution in [0.2, 0.25) is 0 Å². The van der Waals surface area contributed by atoms with Crippen LogP contribution in [0, 0.1) is 5.92 Å². The third-order valence-corrected chi connectivity index (χ3v) is 4.92. The van der Waals surface area contributed by atoms with Gasteiger partial charge in [0, 0.05) is 17.4 Å². The predicted octanol–water partition coefficient (Wildman–Crippen LogP) is 4.25. The zero-order valence-electron chi connectivity index (χ0n) is 14.0. The van der Waals surface area contributed by atoms with Gasteiger partial charge in [-0.2, -0.15) is 0 Å². The van der Waals surface area contributed by atoms with Crippen molar-refractivity contribution in [1.29, 1.82) is 0 Å². The number of amides is 1. The number of carbonyl (C=O) groups is 2. The van der Waals surface area contributed by atoms with Crippen LogP contribution in [0.4, 0.5) is 4.79 Å². The molecular weight excluding hydrogens is 310 g/mol. The summed E-state index contributed by atoms with van der Waals surface area (Å²) in [6, 6.07) is 9.39. The molecule has 2 atom stereocenters. The van der Waals surface area contributed by atoms with E-state index in [0.717, 1.165) is 24.8 Å². The van der Waals surface area contributed by atoms with Crippen molar-refractivity contribution in [2.24, 2.45) is 5.92 Å². The zero-order valence-corrected chi connectivity index (χ0v) is 14.8. The van der Waals surface area contributed by atoms with Crippen LogP contribution in [0.3, 0.4) is 0 Å². The van der Waals surface area contributed by atoms with Crippen LogP contribution in [-0.4, -0.2) is 28.6 Å². The van der Waals surface area contributed by atoms with Gasteiger partial charge in [0.15, 0.2) is 0 Å². The third-order valence-electron chi connectivity index (χ3n) is 3.71. The van der Waals surface area contributed by atoms with Gasteiger partial charge in [0.05, 0.1) is 0 Å². The number of nitrogens with one attached hydrogen (secondary N) is 1. The van der Waals surface area contributed by atoms with Crippen LogP contribution < -0.4 is 5.32 Å². The SMILES string of the molecule is CC(C)(C)OC(=O)NC[C@@H]1CC[C@@H](SC(=O)c2ccccc2)C1. The Morgan fingerprint density at radius 1 is 1.22 bits per heavy atom. The standard InChI is InChI=1S/C18H25NO3S/c1-18(2,3)22-17(21)19-12-13-9-10-15(11-13)23-16(20)14-7-5-4-6-8-14/h4-8,13,15H,9-12H2,1-3H3,(H,19,21)/t13-,15-/m1/s1. The van der Waals surface area contributed by atoms with Gasteiger partial charge in [0.1, 0.15) is 5.60 Å². The average Bonchev–Trinajstić information content (AvgIpc) is 2.92. The second kappa shape index (κ2) is 7.86. The maximum atomic E-state index is 12.2. The lowest BCUT2D eigenvalue weighted by Crippen LogP contribution is -2.34. The van der Waals surface area contributed by atoms with Gasteiger partial charge in [-0.05, 0) is 46.0 Å². The van der Waals surface area contributed by atoms with Crippen LogP contribution in [0.1, 0.15) is 50.4 Å². The van der Waals surface area contributed by atoms with Gasteiger partial charge in [-0.1, -0.05) is 42.1 Å². The quantitative estimate of drug-likeness (QED) is 0.893. The summed E-state index contributed by atoms with van der Waals surface area (Å²) < 4.78 is 5.24. The van der Waals surface area contributed by atoms with E-state index in [2.05, 4.69) is 5.32 Å². The van der Waals surface area contributed by atoms with E-state index < -0.39 is 5.60 Å². The zero-order chi connectivity index (χ0) is 16.9. The van der Waals surface area contributed by atoms with E-state index in [1.807, 2.05) is 51.1 Å². The summed E-state index contributed by atoms with van der Waals surface area (Å²) >= 11 is 1.43. The number of thioether (sulfide) groups is 1. The van der Waals surface area contributed by atoms with E-state index in [9.17, 15) is 9.59 Å². The van der Waals surface area contributed by atoms with Gasteiger partial charge in [-0.15, -0.1) is 0 Å². The van der Waals surface area contributed by atoms with Crippen molar-refractivity contribution in [1.82, 2.24) is 5.32 Å². The first kappa shape index (κ1) is 17.9. The number of hydrogen-bond acceptors (Lipinski definition) is 4. The van der Waals surface area contributed by atoms with Crippen molar-refractivity contribution < 1.29 is 14.3 Å². The molecule has 1 saturated carbocycles. The molecule has 4 nitrogen and oxygen atoms in total. The Bertz CT molecular complexity index is 539. The first-order valence-electron chi connectivity index (χ1n) is 8.06. The van der Waals surface area contributed by atoms with Gasteiger partial charge < -0.3 is 10.1 Å². The Balaban J connectivity index is 1.72. The second-order valence-electron chi connectivity index (χ2n) is 6.96. The van der Waals surface area contributed by atoms with Crippen LogP contribution in [0.5, 0.6) is 0 Å². The molecule has 2 rings (SSSR count). The smallest absolute Gasteiger partial charge is 0.407 e. The highest BCUT2D eigenvalue weighted by atomic mass is 32.2. The van der Waals surface area contributed by atoms with Crippen LogP contribution in [0.25, 0.3) is 0 Å². The van der Waals surface area contributed by atoms with E-state index in [4.69, 9.17) is 4.74 Å². The summed E-state index contributed by atoms with van der Waals surface area (Å²) in [5.74, 6) is 0.420. The highest BCUT2D eigenvalue weighted by Gasteiger charge is 2.28. The van der Waals surface area contributed by atoms with Gasteiger partial charge in [0.2, 0.25) is 5.12 Å². The minimum atomic E-state index is -0.472. The van der Waals surface area contributed by atoms with Crippen molar-refractivity contribution in [3.05, 3.63) is 35.9 Å². The van der Waals surface area contributed by atoms with Gasteiger partial charge in [-0.3, -0.25) is 4.79 Å². The summed E-state index contributed by atoms with van der Waals surface area (Å²) in [4.78, 5) is 23.9. The van der Waals surface area contributed by atoms with Gasteiger partial charge in [0.25, 0.3) is 0 Å². The van der Waals surface area contributed by atoms with E-state index >= 15 is 0 Å². The van der Waals surface area contributed by atoms with Crippen molar-refractivity contribution in [3.8, 4) is 0 Å². The highest BCUT2D eigenvalue weighted by molar-refractivity contribution is 8.14. The van der Waals surface area contributed by atoms with Gasteiger partial charge >= 0.3 is 6.09 Å². The Labute approximate surface area is 142 Å². The van der Waals surface area contributed by atoms with Gasteiger partial charge in [-0.25, -0.2) is 4.79 Å². The molecule has 0 spiro atoms. The number of hydrogen-bond donors (Lipinski definition) is 1. The number of alkyl carbamates (subject to hydrolysis) is 1. The fourth-order valence-corrected chi connectivity index (χ4v) is 3.85. The molecule has 0 heterocycles. The lowest BCUT2D eigenvalue weighted by atomic mass is 10.1. The largest absolute Gasteiger partial charge is 0.444 e. The van der Waals surface area contributed by atoms with Crippen LogP contribution >= 0.6 is 11.8 Å². The molecule has 1 fully saturated rings. The molecule has 1 N–H and O–H groups in total. The maximum Gasteiger partial charge on any atom is 0.407 e. The van der Waals surface area contributed by atoms with Crippen molar-refractivity contribution in [3.63, 3.8) is 0 Å². The number of carbonyl (C=O) groups excluding carboxylic acids is 2. The van der Waals surface area contributed by atoms with E-state index in [-0.39, 0.29) is 11.2 Å². The number of benzene rings is 1. The molecule has 0 saturated heterocycles. The predicted molar refractivity (Wildman–Crippen MR) is 93.7 cm³/mol. The molecule has 0 aromatic heterocycles. The topological polar surface area (TPSA) is 55.4 Å². The summed E-state index contributed by atoms with van der Waals surface area (Å²) in [7, 11) is 0. The fourth-order valence-electron chi connectivity index (χ4n) is 2.66. The molecule has 1 aliphatic carbocycles. The number of rotatable bonds is 4. The first-order chi connectivity index (χ1) is 10.8. The van der Waals surface area contributed by atoms with Crippen molar-refractivity contribution >= 4 is 23.0 Å². The third kappa shape index (κ3) is 6.26. The summed E-state index contributed by atoms with van der Waals surface area (Å²) in [6.07, 6.45) is 2.65. The Hall–Kier alpha value is -1.49. The first-order valence-corrected chi connectivity index (χ1v) is 8.94. The van der Waals surface area contributed by atoms with Crippen molar-refractivity contribution in [2.75, 3.05) is 6.54 Å². The molecule has 1 aliphatic rings. The molecule has 0 unspecified atom stereocenters. The minimum absolute atomic E-state index is 0.136. The summed E-state index contributed by atoms with van der Waals surface area (Å²) in [5, 5.41) is 3.31. The lowest BCUT2D eigenvalue weighted by Gasteiger charge is -2.20. The molecule has 5 heteroatoms. The van der Waals surface area contributed by atoms with Crippen molar-refractivity contribution in [2.45, 2.75) is 50.9 Å². The molecule has 23 heavy (non-hydrogen) atoms. The van der Waals surface area contributed by atoms with Crippen LogP contribution in [-0.2, 0) is 4.74 Å². The average molecular weight is 335 g/mol. The molecular formula is C18H25NO3S. The molecule has 1 amide bonds. The molecule has 0 bridgehead atoms. The molecule has 0 radical (unpaired) electrons. The van der Waals surface area contributed by atoms with Crippen LogP contribution in [0.15, 0.2) is 30.3 Å². The molecule has 1 aromatic rings. The Morgan fingerprint density at radius 3 is 2.57 bits per heavy atom. The molecule has 0 aliphatic heterocycles. The number of ether oxygens (including phenoxy) is 1. The minimum Gasteiger partial charge on any atom is -0.444 e. The normalized spacial score (nSPS) is 21.0. The monoisotopic (exact) mass is 335 g/mol. The molecule has 126 valence electrons. The van der Waals surface area contributed by atoms with E-state index in [0.29, 0.717) is 17.7 Å². The van der Waals surface area contributed by atoms with E-state index in [1.165, 1.54) is 11.8 Å². The Kier molecular flexibility index (Phi) is 6.10. The second-order valence-corrected chi connectivity index (χ2v) is 8.23.